The van der Waals surface area contributed by atoms with Crippen molar-refractivity contribution >= 4 is 28.6 Å². The van der Waals surface area contributed by atoms with Gasteiger partial charge in [-0.2, -0.15) is 0 Å². The lowest BCUT2D eigenvalue weighted by atomic mass is 10.2. The van der Waals surface area contributed by atoms with Gasteiger partial charge < -0.3 is 9.88 Å². The number of nitrogens with one attached hydrogen (secondary N) is 1. The van der Waals surface area contributed by atoms with Crippen LogP contribution in [0.1, 0.15) is 21.5 Å². The summed E-state index contributed by atoms with van der Waals surface area (Å²) in [6.07, 6.45) is 2.16. The van der Waals surface area contributed by atoms with Crippen LogP contribution in [0.5, 0.6) is 0 Å². The van der Waals surface area contributed by atoms with Gasteiger partial charge in [-0.15, -0.1) is 11.8 Å². The van der Waals surface area contributed by atoms with Crippen LogP contribution < -0.4 is 5.32 Å². The zero-order valence-electron chi connectivity index (χ0n) is 16.8. The molecule has 4 rings (SSSR count). The van der Waals surface area contributed by atoms with Gasteiger partial charge in [0.05, 0.1) is 0 Å². The Morgan fingerprint density at radius 2 is 1.83 bits per heavy atom. The largest absolute Gasteiger partial charge is 0.350 e. The highest BCUT2D eigenvalue weighted by Gasteiger charge is 2.10. The second kappa shape index (κ2) is 9.18. The number of rotatable bonds is 7. The highest BCUT2D eigenvalue weighted by atomic mass is 32.2. The van der Waals surface area contributed by atoms with E-state index in [1.54, 1.807) is 0 Å². The number of benzene rings is 3. The van der Waals surface area contributed by atoms with Gasteiger partial charge in [0.1, 0.15) is 5.82 Å². The molecular weight excluding hydrogens is 395 g/mol. The summed E-state index contributed by atoms with van der Waals surface area (Å²) in [7, 11) is 0. The summed E-state index contributed by atoms with van der Waals surface area (Å²) in [6, 6.07) is 22.5. The Morgan fingerprint density at radius 3 is 2.63 bits per heavy atom. The van der Waals surface area contributed by atoms with Gasteiger partial charge >= 0.3 is 0 Å². The van der Waals surface area contributed by atoms with E-state index in [9.17, 15) is 9.18 Å². The van der Waals surface area contributed by atoms with Crippen molar-refractivity contribution in [3.05, 3.63) is 102 Å². The fourth-order valence-corrected chi connectivity index (χ4v) is 4.50. The number of carbonyl (C=O) groups excluding carboxylic acids is 1. The number of thioether (sulfide) groups is 1. The highest BCUT2D eigenvalue weighted by molar-refractivity contribution is 7.98. The summed E-state index contributed by atoms with van der Waals surface area (Å²) in [5.74, 6) is 0.373. The molecule has 1 N–H and O–H groups in total. The van der Waals surface area contributed by atoms with E-state index >= 15 is 0 Å². The summed E-state index contributed by atoms with van der Waals surface area (Å²) in [5.41, 5.74) is 4.19. The third-order valence-corrected chi connectivity index (χ3v) is 6.09. The number of amides is 1. The number of aromatic nitrogens is 1. The zero-order valence-corrected chi connectivity index (χ0v) is 17.6. The topological polar surface area (TPSA) is 34.0 Å². The number of para-hydroxylation sites is 1. The van der Waals surface area contributed by atoms with Crippen LogP contribution in [-0.4, -0.2) is 17.0 Å². The molecule has 0 spiro atoms. The van der Waals surface area contributed by atoms with Crippen LogP contribution in [0.15, 0.2) is 83.9 Å². The molecule has 0 atom stereocenters. The molecule has 0 aliphatic carbocycles. The number of hydrogen-bond acceptors (Lipinski definition) is 2. The highest BCUT2D eigenvalue weighted by Crippen LogP contribution is 2.32. The third-order valence-electron chi connectivity index (χ3n) is 4.97. The number of nitrogens with zero attached hydrogens (tertiary/aromatic N) is 1. The van der Waals surface area contributed by atoms with Crippen molar-refractivity contribution in [2.24, 2.45) is 0 Å². The van der Waals surface area contributed by atoms with Crippen molar-refractivity contribution in [3.8, 4) is 0 Å². The average Bonchev–Trinajstić information content (AvgIpc) is 3.11. The summed E-state index contributed by atoms with van der Waals surface area (Å²) in [6.45, 7) is 3.27. The van der Waals surface area contributed by atoms with Crippen molar-refractivity contribution in [1.82, 2.24) is 9.88 Å². The zero-order chi connectivity index (χ0) is 20.9. The maximum atomic E-state index is 13.0. The monoisotopic (exact) mass is 418 g/mol. The van der Waals surface area contributed by atoms with Gasteiger partial charge in [-0.25, -0.2) is 4.39 Å². The van der Waals surface area contributed by atoms with Gasteiger partial charge in [0.25, 0.3) is 5.91 Å². The van der Waals surface area contributed by atoms with Crippen molar-refractivity contribution in [1.29, 1.82) is 0 Å². The molecule has 3 aromatic carbocycles. The molecule has 3 nitrogen and oxygen atoms in total. The minimum Gasteiger partial charge on any atom is -0.350 e. The molecule has 1 amide bonds. The van der Waals surface area contributed by atoms with E-state index in [2.05, 4.69) is 65.5 Å². The standard InChI is InChI=1S/C25H23FN2OS/c1-18-5-4-6-19(15-18)17-30-24-16-28(23-8-3-2-7-22(23)24)14-13-27-25(29)20-9-11-21(26)12-10-20/h2-12,15-16H,13-14,17H2,1H3,(H,27,29). The molecule has 0 saturated heterocycles. The van der Waals surface area contributed by atoms with Crippen molar-refractivity contribution in [2.45, 2.75) is 24.1 Å². The number of carbonyl (C=O) groups is 1. The maximum Gasteiger partial charge on any atom is 0.251 e. The van der Waals surface area contributed by atoms with Crippen LogP contribution in [-0.2, 0) is 12.3 Å². The van der Waals surface area contributed by atoms with Gasteiger partial charge in [-0.1, -0.05) is 48.0 Å². The van der Waals surface area contributed by atoms with E-state index in [-0.39, 0.29) is 11.7 Å². The van der Waals surface area contributed by atoms with E-state index in [0.29, 0.717) is 18.7 Å². The summed E-state index contributed by atoms with van der Waals surface area (Å²) < 4.78 is 15.2. The molecule has 4 aromatic rings. The Bertz CT molecular complexity index is 1170. The Kier molecular flexibility index (Phi) is 6.19. The smallest absolute Gasteiger partial charge is 0.251 e. The Morgan fingerprint density at radius 1 is 1.03 bits per heavy atom. The van der Waals surface area contributed by atoms with E-state index < -0.39 is 0 Å². The Balaban J connectivity index is 1.44. The number of fused-ring (bicyclic) bond motifs is 1. The molecule has 0 aliphatic rings. The predicted molar refractivity (Wildman–Crippen MR) is 121 cm³/mol. The molecular formula is C25H23FN2OS. The third kappa shape index (κ3) is 4.74. The van der Waals surface area contributed by atoms with Crippen molar-refractivity contribution in [3.63, 3.8) is 0 Å². The number of hydrogen-bond donors (Lipinski definition) is 1. The average molecular weight is 419 g/mol. The normalized spacial score (nSPS) is 11.0. The minimum atomic E-state index is -0.346. The second-order valence-corrected chi connectivity index (χ2v) is 8.26. The van der Waals surface area contributed by atoms with E-state index in [1.807, 2.05) is 17.8 Å². The Hall–Kier alpha value is -3.05. The molecule has 1 aromatic heterocycles. The number of aryl methyl sites for hydroxylation is 1. The molecule has 0 fully saturated rings. The first-order valence-electron chi connectivity index (χ1n) is 9.90. The van der Waals surface area contributed by atoms with Crippen molar-refractivity contribution < 1.29 is 9.18 Å². The van der Waals surface area contributed by atoms with Gasteiger partial charge in [0.2, 0.25) is 0 Å². The van der Waals surface area contributed by atoms with E-state index in [4.69, 9.17) is 0 Å². The molecule has 30 heavy (non-hydrogen) atoms. The first-order chi connectivity index (χ1) is 14.6. The van der Waals surface area contributed by atoms with Gasteiger partial charge in [0, 0.05) is 46.4 Å². The lowest BCUT2D eigenvalue weighted by molar-refractivity contribution is 0.0952. The lowest BCUT2D eigenvalue weighted by Crippen LogP contribution is -2.27. The molecule has 0 unspecified atom stereocenters. The van der Waals surface area contributed by atoms with E-state index in [0.717, 1.165) is 11.3 Å². The SMILES string of the molecule is Cc1cccc(CSc2cn(CCNC(=O)c3ccc(F)cc3)c3ccccc23)c1. The van der Waals surface area contributed by atoms with E-state index in [1.165, 1.54) is 45.7 Å². The molecule has 1 heterocycles. The first kappa shape index (κ1) is 20.2. The molecule has 5 heteroatoms. The summed E-state index contributed by atoms with van der Waals surface area (Å²) in [5, 5.41) is 4.14. The molecule has 0 bridgehead atoms. The van der Waals surface area contributed by atoms with Crippen LogP contribution in [0, 0.1) is 12.7 Å². The lowest BCUT2D eigenvalue weighted by Gasteiger charge is -2.07. The Labute approximate surface area is 179 Å². The van der Waals surface area contributed by atoms with Gasteiger partial charge in [-0.05, 0) is 42.8 Å². The summed E-state index contributed by atoms with van der Waals surface area (Å²) in [4.78, 5) is 13.5. The van der Waals surface area contributed by atoms with Crippen LogP contribution in [0.4, 0.5) is 4.39 Å². The van der Waals surface area contributed by atoms with Crippen LogP contribution >= 0.6 is 11.8 Å². The minimum absolute atomic E-state index is 0.194. The molecule has 0 saturated carbocycles. The van der Waals surface area contributed by atoms with Crippen molar-refractivity contribution in [2.75, 3.05) is 6.54 Å². The van der Waals surface area contributed by atoms with Crippen LogP contribution in [0.3, 0.4) is 0 Å². The summed E-state index contributed by atoms with van der Waals surface area (Å²) >= 11 is 1.83. The van der Waals surface area contributed by atoms with Crippen LogP contribution in [0.2, 0.25) is 0 Å². The van der Waals surface area contributed by atoms with Gasteiger partial charge in [0.15, 0.2) is 0 Å². The molecule has 152 valence electrons. The fourth-order valence-electron chi connectivity index (χ4n) is 3.47. The molecule has 0 radical (unpaired) electrons. The maximum absolute atomic E-state index is 13.0. The van der Waals surface area contributed by atoms with Gasteiger partial charge in [-0.3, -0.25) is 4.79 Å². The predicted octanol–water partition coefficient (Wildman–Crippen LogP) is 5.81. The van der Waals surface area contributed by atoms with Crippen LogP contribution in [0.25, 0.3) is 10.9 Å². The number of halogens is 1. The quantitative estimate of drug-likeness (QED) is 0.384. The second-order valence-electron chi connectivity index (χ2n) is 7.24. The fraction of sp³-hybridized carbons (Fsp3) is 0.160. The first-order valence-corrected chi connectivity index (χ1v) is 10.9. The molecule has 0 aliphatic heterocycles.